The van der Waals surface area contributed by atoms with Gasteiger partial charge in [-0.05, 0) is 55.9 Å². The fraction of sp³-hybridized carbons (Fsp3) is 0.444. The van der Waals surface area contributed by atoms with E-state index in [2.05, 4.69) is 17.4 Å². The van der Waals surface area contributed by atoms with Crippen LogP contribution in [0, 0.1) is 0 Å². The number of carboxylic acid groups (broad SMARTS) is 1. The van der Waals surface area contributed by atoms with E-state index >= 15 is 0 Å². The average Bonchev–Trinajstić information content (AvgIpc) is 3.43. The van der Waals surface area contributed by atoms with Gasteiger partial charge in [0.25, 0.3) is 0 Å². The topological polar surface area (TPSA) is 105 Å². The Bertz CT molecular complexity index is 1060. The molecule has 0 radical (unpaired) electrons. The van der Waals surface area contributed by atoms with Gasteiger partial charge in [-0.2, -0.15) is 0 Å². The highest BCUT2D eigenvalue weighted by molar-refractivity contribution is 5.90. The van der Waals surface area contributed by atoms with E-state index in [1.165, 1.54) is 4.90 Å². The Labute approximate surface area is 205 Å². The third-order valence-corrected chi connectivity index (χ3v) is 6.44. The lowest BCUT2D eigenvalue weighted by Gasteiger charge is -2.29. The number of hydrogen-bond acceptors (Lipinski definition) is 5. The molecule has 2 N–H and O–H groups in total. The molecule has 2 amide bonds. The summed E-state index contributed by atoms with van der Waals surface area (Å²) < 4.78 is 11.4. The smallest absolute Gasteiger partial charge is 0.407 e. The number of carboxylic acids is 1. The summed E-state index contributed by atoms with van der Waals surface area (Å²) in [7, 11) is 0. The number of amides is 2. The van der Waals surface area contributed by atoms with Crippen LogP contribution in [0.1, 0.15) is 50.7 Å². The molecular weight excluding hydrogens is 448 g/mol. The summed E-state index contributed by atoms with van der Waals surface area (Å²) >= 11 is 0. The van der Waals surface area contributed by atoms with Crippen molar-refractivity contribution in [2.24, 2.45) is 0 Å². The maximum Gasteiger partial charge on any atom is 0.407 e. The lowest BCUT2D eigenvalue weighted by molar-refractivity contribution is -0.150. The quantitative estimate of drug-likeness (QED) is 0.625. The Morgan fingerprint density at radius 3 is 2.23 bits per heavy atom. The van der Waals surface area contributed by atoms with Crippen molar-refractivity contribution in [1.82, 2.24) is 10.2 Å². The largest absolute Gasteiger partial charge is 0.480 e. The van der Waals surface area contributed by atoms with Gasteiger partial charge in [0.05, 0.1) is 12.2 Å². The van der Waals surface area contributed by atoms with Gasteiger partial charge < -0.3 is 24.8 Å². The summed E-state index contributed by atoms with van der Waals surface area (Å²) in [6.45, 7) is 5.89. The summed E-state index contributed by atoms with van der Waals surface area (Å²) in [6.07, 6.45) is 0.244. The zero-order chi connectivity index (χ0) is 25.2. The molecule has 0 bridgehead atoms. The molecule has 1 heterocycles. The molecule has 2 atom stereocenters. The predicted molar refractivity (Wildman–Crippen MR) is 130 cm³/mol. The monoisotopic (exact) mass is 480 g/mol. The molecule has 1 aliphatic carbocycles. The van der Waals surface area contributed by atoms with E-state index in [1.807, 2.05) is 57.2 Å². The predicted octanol–water partition coefficient (Wildman–Crippen LogP) is 3.78. The summed E-state index contributed by atoms with van der Waals surface area (Å²) in [4.78, 5) is 38.9. The van der Waals surface area contributed by atoms with Gasteiger partial charge in [0.15, 0.2) is 0 Å². The van der Waals surface area contributed by atoms with Gasteiger partial charge in [-0.15, -0.1) is 0 Å². The zero-order valence-electron chi connectivity index (χ0n) is 20.3. The van der Waals surface area contributed by atoms with Crippen LogP contribution in [0.3, 0.4) is 0 Å². The van der Waals surface area contributed by atoms with Crippen LogP contribution in [0.15, 0.2) is 48.5 Å². The van der Waals surface area contributed by atoms with Gasteiger partial charge in [0.1, 0.15) is 18.7 Å². The third kappa shape index (κ3) is 5.48. The Kier molecular flexibility index (Phi) is 7.12. The average molecular weight is 481 g/mol. The minimum Gasteiger partial charge on any atom is -0.480 e. The number of nitrogens with one attached hydrogen (secondary N) is 1. The standard InChI is InChI=1S/C27H32N2O6/c1-27(2,3)35-16-22(24(30)29-14-8-13-23(29)25(31)32)28-26(33)34-15-21-19-11-6-4-9-17(19)18-10-5-7-12-20(18)21/h4-7,9-12,21-23H,8,13-16H2,1-3H3,(H,28,33)(H,31,32)/t22-,23-/m1/s1. The second-order valence-electron chi connectivity index (χ2n) is 9.97. The highest BCUT2D eigenvalue weighted by Gasteiger charge is 2.38. The first kappa shape index (κ1) is 24.7. The van der Waals surface area contributed by atoms with Crippen molar-refractivity contribution < 1.29 is 29.0 Å². The molecule has 0 unspecified atom stereocenters. The molecule has 8 nitrogen and oxygen atoms in total. The van der Waals surface area contributed by atoms with Crippen LogP contribution in [0.4, 0.5) is 4.79 Å². The number of rotatable bonds is 7. The van der Waals surface area contributed by atoms with Crippen LogP contribution < -0.4 is 5.32 Å². The van der Waals surface area contributed by atoms with Crippen molar-refractivity contribution in [2.45, 2.75) is 57.2 Å². The van der Waals surface area contributed by atoms with Gasteiger partial charge in [-0.25, -0.2) is 9.59 Å². The molecule has 2 aliphatic rings. The first-order valence-corrected chi connectivity index (χ1v) is 11.9. The summed E-state index contributed by atoms with van der Waals surface area (Å²) in [6, 6.07) is 14.1. The first-order chi connectivity index (χ1) is 16.7. The maximum atomic E-state index is 13.2. The van der Waals surface area contributed by atoms with E-state index in [4.69, 9.17) is 9.47 Å². The van der Waals surface area contributed by atoms with Crippen molar-refractivity contribution in [3.05, 3.63) is 59.7 Å². The molecule has 1 saturated heterocycles. The van der Waals surface area contributed by atoms with E-state index in [0.29, 0.717) is 19.4 Å². The van der Waals surface area contributed by atoms with E-state index in [1.54, 1.807) is 0 Å². The molecular formula is C27H32N2O6. The van der Waals surface area contributed by atoms with Crippen molar-refractivity contribution in [1.29, 1.82) is 0 Å². The Morgan fingerprint density at radius 2 is 1.66 bits per heavy atom. The highest BCUT2D eigenvalue weighted by Crippen LogP contribution is 2.44. The number of carbonyl (C=O) groups excluding carboxylic acids is 2. The molecule has 0 spiro atoms. The van der Waals surface area contributed by atoms with Gasteiger partial charge in [-0.3, -0.25) is 4.79 Å². The molecule has 0 saturated carbocycles. The van der Waals surface area contributed by atoms with E-state index < -0.39 is 35.7 Å². The molecule has 8 heteroatoms. The molecule has 186 valence electrons. The van der Waals surface area contributed by atoms with Gasteiger partial charge in [0, 0.05) is 12.5 Å². The van der Waals surface area contributed by atoms with Crippen LogP contribution >= 0.6 is 0 Å². The van der Waals surface area contributed by atoms with Gasteiger partial charge in [0.2, 0.25) is 5.91 Å². The summed E-state index contributed by atoms with van der Waals surface area (Å²) in [5, 5.41) is 12.1. The fourth-order valence-electron chi connectivity index (χ4n) is 4.78. The Hall–Kier alpha value is -3.39. The van der Waals surface area contributed by atoms with Crippen molar-refractivity contribution in [3.8, 4) is 11.1 Å². The number of nitrogens with zero attached hydrogens (tertiary/aromatic N) is 1. The third-order valence-electron chi connectivity index (χ3n) is 6.44. The SMILES string of the molecule is CC(C)(C)OC[C@@H](NC(=O)OCC1c2ccccc2-c2ccccc21)C(=O)N1CCC[C@@H]1C(=O)O. The molecule has 35 heavy (non-hydrogen) atoms. The summed E-state index contributed by atoms with van der Waals surface area (Å²) in [5.74, 6) is -1.64. The number of ether oxygens (including phenoxy) is 2. The molecule has 2 aromatic rings. The maximum absolute atomic E-state index is 13.2. The van der Waals surface area contributed by atoms with Gasteiger partial charge >= 0.3 is 12.1 Å². The van der Waals surface area contributed by atoms with E-state index in [-0.39, 0.29) is 19.1 Å². The normalized spacial score (nSPS) is 18.0. The van der Waals surface area contributed by atoms with Crippen LogP contribution in [0.2, 0.25) is 0 Å². The van der Waals surface area contributed by atoms with Crippen LogP contribution in [-0.4, -0.2) is 65.4 Å². The second-order valence-corrected chi connectivity index (χ2v) is 9.97. The van der Waals surface area contributed by atoms with Gasteiger partial charge in [-0.1, -0.05) is 48.5 Å². The number of fused-ring (bicyclic) bond motifs is 3. The van der Waals surface area contributed by atoms with Crippen molar-refractivity contribution >= 4 is 18.0 Å². The minimum absolute atomic E-state index is 0.0879. The molecule has 0 aromatic heterocycles. The Morgan fingerprint density at radius 1 is 1.06 bits per heavy atom. The van der Waals surface area contributed by atoms with Crippen LogP contribution in [0.25, 0.3) is 11.1 Å². The zero-order valence-corrected chi connectivity index (χ0v) is 20.3. The first-order valence-electron chi connectivity index (χ1n) is 11.9. The lowest BCUT2D eigenvalue weighted by Crippen LogP contribution is -2.54. The van der Waals surface area contributed by atoms with Crippen molar-refractivity contribution in [2.75, 3.05) is 19.8 Å². The van der Waals surface area contributed by atoms with E-state index in [0.717, 1.165) is 22.3 Å². The number of alkyl carbamates (subject to hydrolysis) is 1. The fourth-order valence-corrected chi connectivity index (χ4v) is 4.78. The van der Waals surface area contributed by atoms with Crippen LogP contribution in [-0.2, 0) is 19.1 Å². The summed E-state index contributed by atoms with van der Waals surface area (Å²) in [5.41, 5.74) is 3.88. The number of hydrogen-bond donors (Lipinski definition) is 2. The van der Waals surface area contributed by atoms with Crippen LogP contribution in [0.5, 0.6) is 0 Å². The second kappa shape index (κ2) is 10.1. The lowest BCUT2D eigenvalue weighted by atomic mass is 9.98. The molecule has 2 aromatic carbocycles. The van der Waals surface area contributed by atoms with Crippen molar-refractivity contribution in [3.63, 3.8) is 0 Å². The number of benzene rings is 2. The van der Waals surface area contributed by atoms with E-state index in [9.17, 15) is 19.5 Å². The number of carbonyl (C=O) groups is 3. The molecule has 1 aliphatic heterocycles. The number of aliphatic carboxylic acids is 1. The molecule has 1 fully saturated rings. The highest BCUT2D eigenvalue weighted by atomic mass is 16.5. The minimum atomic E-state index is -1.05. The molecule has 4 rings (SSSR count). The number of likely N-dealkylation sites (tertiary alicyclic amines) is 1. The Balaban J connectivity index is 1.45.